The third kappa shape index (κ3) is 2.47. The van der Waals surface area contributed by atoms with E-state index in [1.54, 1.807) is 0 Å². The molecule has 0 bridgehead atoms. The van der Waals surface area contributed by atoms with Gasteiger partial charge in [0.1, 0.15) is 0 Å². The quantitative estimate of drug-likeness (QED) is 0.704. The lowest BCUT2D eigenvalue weighted by atomic mass is 9.85. The maximum atomic E-state index is 11.7. The monoisotopic (exact) mass is 196 g/mol. The Bertz CT molecular complexity index is 195. The van der Waals surface area contributed by atoms with Gasteiger partial charge in [0.2, 0.25) is 5.91 Å². The Morgan fingerprint density at radius 3 is 2.71 bits per heavy atom. The molecule has 1 amide bonds. The predicted octanol–water partition coefficient (Wildman–Crippen LogP) is 0.902. The van der Waals surface area contributed by atoms with Gasteiger partial charge in [-0.25, -0.2) is 0 Å². The van der Waals surface area contributed by atoms with Gasteiger partial charge in [-0.15, -0.1) is 0 Å². The summed E-state index contributed by atoms with van der Waals surface area (Å²) in [6.45, 7) is 2.86. The van der Waals surface area contributed by atoms with Crippen LogP contribution in [0.25, 0.3) is 0 Å². The lowest BCUT2D eigenvalue weighted by Gasteiger charge is -2.27. The topological polar surface area (TPSA) is 41.1 Å². The summed E-state index contributed by atoms with van der Waals surface area (Å²) in [5, 5.41) is 6.35. The smallest absolute Gasteiger partial charge is 0.224 e. The highest BCUT2D eigenvalue weighted by molar-refractivity contribution is 5.78. The van der Waals surface area contributed by atoms with Crippen molar-refractivity contribution in [2.45, 2.75) is 32.1 Å². The van der Waals surface area contributed by atoms with Gasteiger partial charge in [-0.05, 0) is 38.1 Å². The summed E-state index contributed by atoms with van der Waals surface area (Å²) in [6.07, 6.45) is 6.17. The summed E-state index contributed by atoms with van der Waals surface area (Å²) in [5.41, 5.74) is 0. The zero-order valence-electron chi connectivity index (χ0n) is 8.72. The molecule has 2 N–H and O–H groups in total. The van der Waals surface area contributed by atoms with E-state index >= 15 is 0 Å². The van der Waals surface area contributed by atoms with E-state index in [4.69, 9.17) is 0 Å². The summed E-state index contributed by atoms with van der Waals surface area (Å²) >= 11 is 0. The van der Waals surface area contributed by atoms with Gasteiger partial charge in [0.05, 0.1) is 5.92 Å². The normalized spacial score (nSPS) is 28.1. The molecule has 2 fully saturated rings. The molecule has 1 atom stereocenters. The first-order chi connectivity index (χ1) is 6.86. The fourth-order valence-corrected chi connectivity index (χ4v) is 2.16. The first-order valence-electron chi connectivity index (χ1n) is 5.84. The Hall–Kier alpha value is -0.570. The van der Waals surface area contributed by atoms with Crippen molar-refractivity contribution in [2.75, 3.05) is 19.6 Å². The van der Waals surface area contributed by atoms with Crippen molar-refractivity contribution in [3.05, 3.63) is 0 Å². The van der Waals surface area contributed by atoms with E-state index in [0.29, 0.717) is 0 Å². The molecule has 1 saturated heterocycles. The highest BCUT2D eigenvalue weighted by Crippen LogP contribution is 2.25. The van der Waals surface area contributed by atoms with Crippen molar-refractivity contribution in [1.82, 2.24) is 10.6 Å². The van der Waals surface area contributed by atoms with Crippen molar-refractivity contribution >= 4 is 5.91 Å². The Kier molecular flexibility index (Phi) is 3.40. The molecular weight excluding hydrogens is 176 g/mol. The molecule has 0 unspecified atom stereocenters. The molecule has 80 valence electrons. The molecule has 0 aromatic carbocycles. The molecule has 1 heterocycles. The molecule has 1 aliphatic carbocycles. The van der Waals surface area contributed by atoms with Gasteiger partial charge in [-0.1, -0.05) is 6.42 Å². The minimum absolute atomic E-state index is 0.226. The van der Waals surface area contributed by atoms with E-state index < -0.39 is 0 Å². The van der Waals surface area contributed by atoms with Gasteiger partial charge in [0.15, 0.2) is 0 Å². The van der Waals surface area contributed by atoms with Crippen molar-refractivity contribution < 1.29 is 4.79 Å². The number of nitrogens with one attached hydrogen (secondary N) is 2. The van der Waals surface area contributed by atoms with Crippen molar-refractivity contribution in [2.24, 2.45) is 11.8 Å². The maximum absolute atomic E-state index is 11.7. The van der Waals surface area contributed by atoms with Crippen molar-refractivity contribution in [3.63, 3.8) is 0 Å². The molecule has 0 aromatic heterocycles. The van der Waals surface area contributed by atoms with E-state index in [9.17, 15) is 4.79 Å². The molecule has 2 aliphatic rings. The molecule has 3 heteroatoms. The Morgan fingerprint density at radius 1 is 1.29 bits per heavy atom. The fraction of sp³-hybridized carbons (Fsp3) is 0.909. The van der Waals surface area contributed by atoms with Crippen LogP contribution < -0.4 is 10.6 Å². The number of amides is 1. The van der Waals surface area contributed by atoms with Crippen molar-refractivity contribution in [3.8, 4) is 0 Å². The van der Waals surface area contributed by atoms with Crippen LogP contribution >= 0.6 is 0 Å². The average molecular weight is 196 g/mol. The van der Waals surface area contributed by atoms with E-state index in [1.165, 1.54) is 19.3 Å². The summed E-state index contributed by atoms with van der Waals surface area (Å²) in [4.78, 5) is 11.7. The van der Waals surface area contributed by atoms with Crippen LogP contribution in [0.4, 0.5) is 0 Å². The summed E-state index contributed by atoms with van der Waals surface area (Å²) in [6, 6.07) is 0. The lowest BCUT2D eigenvalue weighted by molar-refractivity contribution is -0.125. The molecule has 2 rings (SSSR count). The number of piperidine rings is 1. The van der Waals surface area contributed by atoms with Gasteiger partial charge in [0.25, 0.3) is 0 Å². The highest BCUT2D eigenvalue weighted by atomic mass is 16.1. The Labute approximate surface area is 85.6 Å². The van der Waals surface area contributed by atoms with Crippen LogP contribution in [-0.2, 0) is 4.79 Å². The minimum Gasteiger partial charge on any atom is -0.356 e. The third-order valence-electron chi connectivity index (χ3n) is 3.46. The third-order valence-corrected chi connectivity index (χ3v) is 3.46. The Balaban J connectivity index is 1.65. The largest absolute Gasteiger partial charge is 0.356 e. The van der Waals surface area contributed by atoms with Crippen LogP contribution in [0, 0.1) is 11.8 Å². The molecule has 1 aliphatic heterocycles. The van der Waals surface area contributed by atoms with Crippen LogP contribution in [0.15, 0.2) is 0 Å². The molecule has 3 nitrogen and oxygen atoms in total. The maximum Gasteiger partial charge on any atom is 0.224 e. The second-order valence-corrected chi connectivity index (χ2v) is 4.59. The molecule has 0 aromatic rings. The second-order valence-electron chi connectivity index (χ2n) is 4.59. The molecule has 1 saturated carbocycles. The summed E-state index contributed by atoms with van der Waals surface area (Å²) in [5.74, 6) is 1.27. The zero-order chi connectivity index (χ0) is 9.80. The van der Waals surface area contributed by atoms with Crippen LogP contribution in [-0.4, -0.2) is 25.5 Å². The van der Waals surface area contributed by atoms with Gasteiger partial charge < -0.3 is 10.6 Å². The van der Waals surface area contributed by atoms with Crippen LogP contribution in [0.1, 0.15) is 32.1 Å². The van der Waals surface area contributed by atoms with Crippen LogP contribution in [0.3, 0.4) is 0 Å². The standard InChI is InChI=1S/C11H20N2O/c14-11(10-5-2-6-12-8-10)13-7-9-3-1-4-9/h9-10,12H,1-8H2,(H,13,14)/t10-/m0/s1. The zero-order valence-corrected chi connectivity index (χ0v) is 8.72. The second kappa shape index (κ2) is 4.78. The van der Waals surface area contributed by atoms with Crippen molar-refractivity contribution in [1.29, 1.82) is 0 Å². The summed E-state index contributed by atoms with van der Waals surface area (Å²) < 4.78 is 0. The van der Waals surface area contributed by atoms with E-state index in [0.717, 1.165) is 38.4 Å². The van der Waals surface area contributed by atoms with E-state index in [-0.39, 0.29) is 11.8 Å². The molecule has 14 heavy (non-hydrogen) atoms. The van der Waals surface area contributed by atoms with Gasteiger partial charge in [0, 0.05) is 13.1 Å². The predicted molar refractivity (Wildman–Crippen MR) is 55.9 cm³/mol. The molecule has 0 spiro atoms. The average Bonchev–Trinajstić information content (AvgIpc) is 2.16. The van der Waals surface area contributed by atoms with E-state index in [1.807, 2.05) is 0 Å². The lowest BCUT2D eigenvalue weighted by Crippen LogP contribution is -2.42. The minimum atomic E-state index is 0.226. The number of hydrogen-bond acceptors (Lipinski definition) is 2. The number of hydrogen-bond donors (Lipinski definition) is 2. The van der Waals surface area contributed by atoms with Crippen LogP contribution in [0.5, 0.6) is 0 Å². The first kappa shape index (κ1) is 9.97. The fourth-order valence-electron chi connectivity index (χ4n) is 2.16. The Morgan fingerprint density at radius 2 is 2.14 bits per heavy atom. The van der Waals surface area contributed by atoms with Crippen LogP contribution in [0.2, 0.25) is 0 Å². The SMILES string of the molecule is O=C(NCC1CCC1)[C@H]1CCCNC1. The number of rotatable bonds is 3. The number of carbonyl (C=O) groups excluding carboxylic acids is 1. The molecule has 0 radical (unpaired) electrons. The van der Waals surface area contributed by atoms with E-state index in [2.05, 4.69) is 10.6 Å². The molecular formula is C11H20N2O. The van der Waals surface area contributed by atoms with Gasteiger partial charge in [-0.2, -0.15) is 0 Å². The number of carbonyl (C=O) groups is 1. The highest BCUT2D eigenvalue weighted by Gasteiger charge is 2.23. The first-order valence-corrected chi connectivity index (χ1v) is 5.84. The summed E-state index contributed by atoms with van der Waals surface area (Å²) in [7, 11) is 0. The van der Waals surface area contributed by atoms with Gasteiger partial charge >= 0.3 is 0 Å². The van der Waals surface area contributed by atoms with Gasteiger partial charge in [-0.3, -0.25) is 4.79 Å².